The van der Waals surface area contributed by atoms with Gasteiger partial charge in [-0.25, -0.2) is 8.42 Å². The number of hydrogen-bond acceptors (Lipinski definition) is 2. The van der Waals surface area contributed by atoms with Gasteiger partial charge in [0.25, 0.3) is 0 Å². The molecular weight excluding hydrogens is 222 g/mol. The fourth-order valence-electron chi connectivity index (χ4n) is 1.70. The van der Waals surface area contributed by atoms with Crippen LogP contribution in [0.2, 0.25) is 0 Å². The maximum Gasteiger partial charge on any atom is 0.229 e. The molecule has 0 spiro atoms. The quantitative estimate of drug-likeness (QED) is 0.869. The molecule has 0 amide bonds. The van der Waals surface area contributed by atoms with E-state index in [0.717, 1.165) is 22.6 Å². The summed E-state index contributed by atoms with van der Waals surface area (Å²) in [6, 6.07) is 11.6. The zero-order valence-corrected chi connectivity index (χ0v) is 10.0. The summed E-state index contributed by atoms with van der Waals surface area (Å²) >= 11 is 0. The maximum absolute atomic E-state index is 11.3. The van der Waals surface area contributed by atoms with Crippen molar-refractivity contribution in [3.63, 3.8) is 0 Å². The van der Waals surface area contributed by atoms with Gasteiger partial charge < -0.3 is 0 Å². The van der Waals surface area contributed by atoms with Crippen molar-refractivity contribution in [2.24, 2.45) is 0 Å². The van der Waals surface area contributed by atoms with Crippen molar-refractivity contribution in [1.29, 1.82) is 0 Å². The van der Waals surface area contributed by atoms with Gasteiger partial charge in [-0.1, -0.05) is 36.4 Å². The van der Waals surface area contributed by atoms with Gasteiger partial charge in [-0.2, -0.15) is 0 Å². The van der Waals surface area contributed by atoms with Crippen LogP contribution in [0.3, 0.4) is 0 Å². The highest BCUT2D eigenvalue weighted by Crippen LogP contribution is 2.27. The van der Waals surface area contributed by atoms with Crippen molar-refractivity contribution in [3.8, 4) is 0 Å². The molecule has 16 heavy (non-hydrogen) atoms. The minimum absolute atomic E-state index is 0.667. The van der Waals surface area contributed by atoms with E-state index in [0.29, 0.717) is 5.69 Å². The third-order valence-corrected chi connectivity index (χ3v) is 3.00. The lowest BCUT2D eigenvalue weighted by Crippen LogP contribution is -2.10. The summed E-state index contributed by atoms with van der Waals surface area (Å²) < 4.78 is 25.1. The highest BCUT2D eigenvalue weighted by atomic mass is 32.2. The molecule has 0 unspecified atom stereocenters. The van der Waals surface area contributed by atoms with Crippen LogP contribution in [-0.2, 0) is 10.0 Å². The molecule has 0 saturated carbocycles. The first-order valence-corrected chi connectivity index (χ1v) is 6.83. The van der Waals surface area contributed by atoms with Gasteiger partial charge in [0.05, 0.1) is 11.9 Å². The van der Waals surface area contributed by atoms with Crippen LogP contribution < -0.4 is 4.72 Å². The van der Waals surface area contributed by atoms with Gasteiger partial charge in [-0.15, -0.1) is 0 Å². The fourth-order valence-corrected chi connectivity index (χ4v) is 2.34. The first-order valence-electron chi connectivity index (χ1n) is 4.93. The Balaban J connectivity index is 2.71. The summed E-state index contributed by atoms with van der Waals surface area (Å²) in [5.74, 6) is 0. The molecule has 0 aromatic heterocycles. The van der Waals surface area contributed by atoms with E-state index in [9.17, 15) is 8.42 Å². The molecule has 2 aromatic carbocycles. The third kappa shape index (κ3) is 2.17. The molecule has 1 N–H and O–H groups in total. The summed E-state index contributed by atoms with van der Waals surface area (Å²) in [4.78, 5) is 0. The second-order valence-corrected chi connectivity index (χ2v) is 5.60. The van der Waals surface area contributed by atoms with E-state index in [1.807, 2.05) is 43.3 Å². The standard InChI is InChI=1S/C12H13NO2S/c1-9-7-8-10-5-3-4-6-11(10)12(9)13-16(2,14)15/h3-8,13H,1-2H3. The number of aryl methyl sites for hydroxylation is 1. The van der Waals surface area contributed by atoms with E-state index in [1.165, 1.54) is 0 Å². The second-order valence-electron chi connectivity index (χ2n) is 3.85. The van der Waals surface area contributed by atoms with Crippen LogP contribution in [0.5, 0.6) is 0 Å². The first kappa shape index (κ1) is 11.0. The molecule has 4 heteroatoms. The van der Waals surface area contributed by atoms with Crippen molar-refractivity contribution in [1.82, 2.24) is 0 Å². The van der Waals surface area contributed by atoms with E-state index in [-0.39, 0.29) is 0 Å². The van der Waals surface area contributed by atoms with E-state index in [1.54, 1.807) is 0 Å². The molecule has 0 aliphatic carbocycles. The average molecular weight is 235 g/mol. The SMILES string of the molecule is Cc1ccc2ccccc2c1NS(C)(=O)=O. The molecule has 0 saturated heterocycles. The van der Waals surface area contributed by atoms with Crippen molar-refractivity contribution in [2.45, 2.75) is 6.92 Å². The molecule has 0 aliphatic rings. The summed E-state index contributed by atoms with van der Waals surface area (Å²) in [6.07, 6.45) is 1.16. The molecule has 0 atom stereocenters. The highest BCUT2D eigenvalue weighted by molar-refractivity contribution is 7.92. The van der Waals surface area contributed by atoms with Crippen LogP contribution >= 0.6 is 0 Å². The van der Waals surface area contributed by atoms with Gasteiger partial charge in [0.1, 0.15) is 0 Å². The zero-order chi connectivity index (χ0) is 11.8. The minimum atomic E-state index is -3.24. The lowest BCUT2D eigenvalue weighted by Gasteiger charge is -2.11. The predicted octanol–water partition coefficient (Wildman–Crippen LogP) is 2.52. The Hall–Kier alpha value is -1.55. The number of nitrogens with one attached hydrogen (secondary N) is 1. The topological polar surface area (TPSA) is 46.2 Å². The molecule has 0 bridgehead atoms. The van der Waals surface area contributed by atoms with Crippen LogP contribution in [0, 0.1) is 6.92 Å². The van der Waals surface area contributed by atoms with E-state index in [4.69, 9.17) is 0 Å². The molecular formula is C12H13NO2S. The summed E-state index contributed by atoms with van der Waals surface area (Å²) in [6.45, 7) is 1.89. The van der Waals surface area contributed by atoms with E-state index in [2.05, 4.69) is 4.72 Å². The molecule has 0 heterocycles. The largest absolute Gasteiger partial charge is 0.283 e. The van der Waals surface area contributed by atoms with Crippen molar-refractivity contribution in [2.75, 3.05) is 11.0 Å². The first-order chi connectivity index (χ1) is 7.47. The summed E-state index contributed by atoms with van der Waals surface area (Å²) in [7, 11) is -3.24. The molecule has 0 radical (unpaired) electrons. The van der Waals surface area contributed by atoms with E-state index < -0.39 is 10.0 Å². The Morgan fingerprint density at radius 2 is 1.75 bits per heavy atom. The van der Waals surface area contributed by atoms with Gasteiger partial charge in [0.2, 0.25) is 10.0 Å². The average Bonchev–Trinajstić information content (AvgIpc) is 2.21. The van der Waals surface area contributed by atoms with Crippen LogP contribution in [0.4, 0.5) is 5.69 Å². The van der Waals surface area contributed by atoms with E-state index >= 15 is 0 Å². The number of rotatable bonds is 2. The van der Waals surface area contributed by atoms with Crippen LogP contribution in [-0.4, -0.2) is 14.7 Å². The fraction of sp³-hybridized carbons (Fsp3) is 0.167. The Bertz CT molecular complexity index is 633. The monoisotopic (exact) mass is 235 g/mol. The molecule has 3 nitrogen and oxygen atoms in total. The Morgan fingerprint density at radius 1 is 1.06 bits per heavy atom. The highest BCUT2D eigenvalue weighted by Gasteiger charge is 2.08. The number of fused-ring (bicyclic) bond motifs is 1. The third-order valence-electron chi connectivity index (χ3n) is 2.42. The number of hydrogen-bond donors (Lipinski definition) is 1. The lowest BCUT2D eigenvalue weighted by atomic mass is 10.1. The number of benzene rings is 2. The second kappa shape index (κ2) is 3.79. The normalized spacial score (nSPS) is 11.6. The molecule has 0 fully saturated rings. The van der Waals surface area contributed by atoms with Gasteiger partial charge in [0.15, 0.2) is 0 Å². The van der Waals surface area contributed by atoms with Crippen LogP contribution in [0.1, 0.15) is 5.56 Å². The van der Waals surface area contributed by atoms with Crippen molar-refractivity contribution in [3.05, 3.63) is 42.0 Å². The van der Waals surface area contributed by atoms with Gasteiger partial charge in [-0.3, -0.25) is 4.72 Å². The Morgan fingerprint density at radius 3 is 2.44 bits per heavy atom. The van der Waals surface area contributed by atoms with Crippen LogP contribution in [0.15, 0.2) is 36.4 Å². The molecule has 84 valence electrons. The summed E-state index contributed by atoms with van der Waals surface area (Å²) in [5.41, 5.74) is 1.59. The number of sulfonamides is 1. The maximum atomic E-state index is 11.3. The smallest absolute Gasteiger partial charge is 0.229 e. The lowest BCUT2D eigenvalue weighted by molar-refractivity contribution is 0.607. The van der Waals surface area contributed by atoms with Crippen molar-refractivity contribution < 1.29 is 8.42 Å². The van der Waals surface area contributed by atoms with Gasteiger partial charge in [0, 0.05) is 5.39 Å². The Kier molecular flexibility index (Phi) is 2.59. The molecule has 2 rings (SSSR count). The van der Waals surface area contributed by atoms with Crippen molar-refractivity contribution >= 4 is 26.5 Å². The zero-order valence-electron chi connectivity index (χ0n) is 9.19. The molecule has 0 aliphatic heterocycles. The minimum Gasteiger partial charge on any atom is -0.283 e. The molecule has 2 aromatic rings. The predicted molar refractivity (Wildman–Crippen MR) is 67.2 cm³/mol. The summed E-state index contributed by atoms with van der Waals surface area (Å²) in [5, 5.41) is 1.95. The van der Waals surface area contributed by atoms with Crippen LogP contribution in [0.25, 0.3) is 10.8 Å². The Labute approximate surface area is 95.2 Å². The van der Waals surface area contributed by atoms with Gasteiger partial charge >= 0.3 is 0 Å². The van der Waals surface area contributed by atoms with Gasteiger partial charge in [-0.05, 0) is 17.9 Å². The number of anilines is 1.